The van der Waals surface area contributed by atoms with Crippen molar-refractivity contribution in [1.29, 1.82) is 0 Å². The van der Waals surface area contributed by atoms with E-state index in [1.54, 1.807) is 0 Å². The van der Waals surface area contributed by atoms with Gasteiger partial charge in [0, 0.05) is 17.9 Å². The van der Waals surface area contributed by atoms with Crippen molar-refractivity contribution in [1.82, 2.24) is 0 Å². The van der Waals surface area contributed by atoms with Crippen molar-refractivity contribution in [2.24, 2.45) is 0 Å². The van der Waals surface area contributed by atoms with Crippen molar-refractivity contribution in [3.8, 4) is 11.1 Å². The molecule has 0 nitrogen and oxygen atoms in total. The maximum Gasteiger partial charge on any atom is 0.0459 e. The molecule has 0 aliphatic carbocycles. The fourth-order valence-corrected chi connectivity index (χ4v) is 3.04. The third kappa shape index (κ3) is 2.78. The number of benzene rings is 2. The fraction of sp³-hybridized carbons (Fsp3) is 0. The van der Waals surface area contributed by atoms with Crippen LogP contribution >= 0.6 is 63.7 Å². The van der Waals surface area contributed by atoms with E-state index in [9.17, 15) is 0 Å². The zero-order valence-corrected chi connectivity index (χ0v) is 14.3. The van der Waals surface area contributed by atoms with E-state index in [1.807, 2.05) is 12.1 Å². The molecule has 0 heterocycles. The molecular weight excluding hydrogens is 464 g/mol. The summed E-state index contributed by atoms with van der Waals surface area (Å²) in [7, 11) is 0. The Bertz CT molecular complexity index is 494. The van der Waals surface area contributed by atoms with Crippen molar-refractivity contribution >= 4 is 63.7 Å². The van der Waals surface area contributed by atoms with Crippen molar-refractivity contribution in [2.75, 3.05) is 0 Å². The van der Waals surface area contributed by atoms with E-state index >= 15 is 0 Å². The third-order valence-electron chi connectivity index (χ3n) is 2.16. The highest BCUT2D eigenvalue weighted by Crippen LogP contribution is 2.35. The minimum Gasteiger partial charge on any atom is -0.0533 e. The molecule has 2 aromatic rings. The molecular formula is C12H6Br4. The maximum absolute atomic E-state index is 3.52. The standard InChI is InChI=1S/C12H6Br4/c13-9-3-1-7(2-4-9)8-5-10(14)12(16)11(15)6-8/h1-6H. The number of rotatable bonds is 1. The largest absolute Gasteiger partial charge is 0.0533 e. The number of hydrogen-bond donors (Lipinski definition) is 0. The molecule has 0 N–H and O–H groups in total. The average Bonchev–Trinajstić information content (AvgIpc) is 2.26. The summed E-state index contributed by atoms with van der Waals surface area (Å²) in [5.74, 6) is 0. The van der Waals surface area contributed by atoms with E-state index in [4.69, 9.17) is 0 Å². The zero-order valence-electron chi connectivity index (χ0n) is 7.98. The lowest BCUT2D eigenvalue weighted by Crippen LogP contribution is -1.80. The fourth-order valence-electron chi connectivity index (χ4n) is 1.36. The summed E-state index contributed by atoms with van der Waals surface area (Å²) in [6, 6.07) is 12.5. The van der Waals surface area contributed by atoms with Crippen LogP contribution in [-0.4, -0.2) is 0 Å². The summed E-state index contributed by atoms with van der Waals surface area (Å²) < 4.78 is 4.21. The van der Waals surface area contributed by atoms with Gasteiger partial charge in [0.2, 0.25) is 0 Å². The second kappa shape index (κ2) is 5.34. The summed E-state index contributed by atoms with van der Waals surface area (Å²) >= 11 is 14.0. The Balaban J connectivity index is 2.52. The van der Waals surface area contributed by atoms with Crippen LogP contribution in [-0.2, 0) is 0 Å². The normalized spacial score (nSPS) is 10.5. The van der Waals surface area contributed by atoms with Crippen LogP contribution < -0.4 is 0 Å². The molecule has 0 radical (unpaired) electrons. The lowest BCUT2D eigenvalue weighted by atomic mass is 10.1. The first kappa shape index (κ1) is 12.8. The Hall–Kier alpha value is 0.360. The second-order valence-electron chi connectivity index (χ2n) is 3.26. The number of halogens is 4. The van der Waals surface area contributed by atoms with Crippen LogP contribution in [0.4, 0.5) is 0 Å². The Morgan fingerprint density at radius 2 is 1.12 bits per heavy atom. The molecule has 0 saturated carbocycles. The molecule has 2 rings (SSSR count). The first-order valence-corrected chi connectivity index (χ1v) is 7.65. The minimum atomic E-state index is 1.04. The molecule has 4 heteroatoms. The van der Waals surface area contributed by atoms with E-state index < -0.39 is 0 Å². The average molecular weight is 470 g/mol. The molecule has 0 aliphatic rings. The molecule has 0 spiro atoms. The molecule has 2 aromatic carbocycles. The van der Waals surface area contributed by atoms with Gasteiger partial charge in [-0.2, -0.15) is 0 Å². The van der Waals surface area contributed by atoms with Crippen molar-refractivity contribution < 1.29 is 0 Å². The molecule has 0 aliphatic heterocycles. The van der Waals surface area contributed by atoms with E-state index in [0.717, 1.165) is 17.9 Å². The van der Waals surface area contributed by atoms with Crippen molar-refractivity contribution in [2.45, 2.75) is 0 Å². The van der Waals surface area contributed by atoms with E-state index in [0.29, 0.717) is 0 Å². The van der Waals surface area contributed by atoms with Crippen LogP contribution in [0.3, 0.4) is 0 Å². The Morgan fingerprint density at radius 3 is 1.62 bits per heavy atom. The summed E-state index contributed by atoms with van der Waals surface area (Å²) in [5, 5.41) is 0. The van der Waals surface area contributed by atoms with Crippen LogP contribution in [0, 0.1) is 0 Å². The quantitative estimate of drug-likeness (QED) is 0.424. The topological polar surface area (TPSA) is 0 Å². The molecule has 0 amide bonds. The van der Waals surface area contributed by atoms with Gasteiger partial charge < -0.3 is 0 Å². The van der Waals surface area contributed by atoms with Gasteiger partial charge in [-0.25, -0.2) is 0 Å². The molecule has 0 aromatic heterocycles. The van der Waals surface area contributed by atoms with E-state index in [1.165, 1.54) is 11.1 Å². The van der Waals surface area contributed by atoms with Crippen LogP contribution in [0.1, 0.15) is 0 Å². The smallest absolute Gasteiger partial charge is 0.0459 e. The van der Waals surface area contributed by atoms with E-state index in [-0.39, 0.29) is 0 Å². The summed E-state index contributed by atoms with van der Waals surface area (Å²) in [5.41, 5.74) is 2.37. The van der Waals surface area contributed by atoms with Gasteiger partial charge in [-0.15, -0.1) is 0 Å². The molecule has 0 unspecified atom stereocenters. The highest BCUT2D eigenvalue weighted by molar-refractivity contribution is 9.14. The van der Waals surface area contributed by atoms with Gasteiger partial charge in [0.05, 0.1) is 0 Å². The van der Waals surface area contributed by atoms with Gasteiger partial charge in [0.15, 0.2) is 0 Å². The Morgan fingerprint density at radius 1 is 0.625 bits per heavy atom. The highest BCUT2D eigenvalue weighted by Gasteiger charge is 2.06. The first-order valence-electron chi connectivity index (χ1n) is 4.48. The Kier molecular flexibility index (Phi) is 4.27. The second-order valence-corrected chi connectivity index (χ2v) is 6.68. The van der Waals surface area contributed by atoms with Crippen LogP contribution in [0.25, 0.3) is 11.1 Å². The van der Waals surface area contributed by atoms with Crippen LogP contribution in [0.5, 0.6) is 0 Å². The zero-order chi connectivity index (χ0) is 11.7. The minimum absolute atomic E-state index is 1.04. The highest BCUT2D eigenvalue weighted by atomic mass is 79.9. The summed E-state index contributed by atoms with van der Waals surface area (Å²) in [6.07, 6.45) is 0. The lowest BCUT2D eigenvalue weighted by Gasteiger charge is -2.06. The van der Waals surface area contributed by atoms with Crippen LogP contribution in [0.2, 0.25) is 0 Å². The molecule has 16 heavy (non-hydrogen) atoms. The molecule has 0 fully saturated rings. The van der Waals surface area contributed by atoms with Gasteiger partial charge in [-0.3, -0.25) is 0 Å². The predicted octanol–water partition coefficient (Wildman–Crippen LogP) is 6.40. The van der Waals surface area contributed by atoms with Crippen molar-refractivity contribution in [3.63, 3.8) is 0 Å². The van der Waals surface area contributed by atoms with Gasteiger partial charge in [-0.05, 0) is 83.2 Å². The van der Waals surface area contributed by atoms with Crippen molar-refractivity contribution in [3.05, 3.63) is 54.3 Å². The van der Waals surface area contributed by atoms with Gasteiger partial charge in [-0.1, -0.05) is 28.1 Å². The monoisotopic (exact) mass is 466 g/mol. The lowest BCUT2D eigenvalue weighted by molar-refractivity contribution is 1.51. The predicted molar refractivity (Wildman–Crippen MR) is 82.7 cm³/mol. The van der Waals surface area contributed by atoms with Gasteiger partial charge in [0.1, 0.15) is 0 Å². The summed E-state index contributed by atoms with van der Waals surface area (Å²) in [4.78, 5) is 0. The number of hydrogen-bond acceptors (Lipinski definition) is 0. The van der Waals surface area contributed by atoms with Gasteiger partial charge in [0.25, 0.3) is 0 Å². The maximum atomic E-state index is 3.52. The SMILES string of the molecule is Brc1ccc(-c2cc(Br)c(Br)c(Br)c2)cc1. The summed E-state index contributed by atoms with van der Waals surface area (Å²) in [6.45, 7) is 0. The Labute approximate surface area is 128 Å². The van der Waals surface area contributed by atoms with E-state index in [2.05, 4.69) is 88.0 Å². The molecule has 0 bridgehead atoms. The molecule has 0 saturated heterocycles. The van der Waals surface area contributed by atoms with Gasteiger partial charge >= 0.3 is 0 Å². The molecule has 82 valence electrons. The van der Waals surface area contributed by atoms with Crippen LogP contribution in [0.15, 0.2) is 54.3 Å². The first-order chi connectivity index (χ1) is 7.58. The molecule has 0 atom stereocenters. The third-order valence-corrected chi connectivity index (χ3v) is 5.86.